The Morgan fingerprint density at radius 2 is 2.00 bits per heavy atom. The highest BCUT2D eigenvalue weighted by atomic mass is 19.1. The summed E-state index contributed by atoms with van der Waals surface area (Å²) >= 11 is 0. The van der Waals surface area contributed by atoms with Gasteiger partial charge in [0, 0.05) is 32.7 Å². The lowest BCUT2D eigenvalue weighted by molar-refractivity contribution is -0.129. The normalized spacial score (nSPS) is 22.7. The van der Waals surface area contributed by atoms with E-state index in [0.717, 1.165) is 26.2 Å². The van der Waals surface area contributed by atoms with Crippen LogP contribution in [-0.2, 0) is 11.2 Å². The fourth-order valence-corrected chi connectivity index (χ4v) is 4.07. The van der Waals surface area contributed by atoms with Crippen LogP contribution >= 0.6 is 0 Å². The quantitative estimate of drug-likeness (QED) is 0.882. The van der Waals surface area contributed by atoms with Crippen LogP contribution in [0.25, 0.3) is 11.5 Å². The first-order chi connectivity index (χ1) is 12.6. The number of rotatable bonds is 5. The van der Waals surface area contributed by atoms with Crippen molar-refractivity contribution >= 4 is 11.6 Å². The summed E-state index contributed by atoms with van der Waals surface area (Å²) in [6.07, 6.45) is 1.78. The van der Waals surface area contributed by atoms with Gasteiger partial charge in [0.15, 0.2) is 5.76 Å². The van der Waals surface area contributed by atoms with E-state index in [4.69, 9.17) is 10.2 Å². The second kappa shape index (κ2) is 7.07. The second-order valence-electron chi connectivity index (χ2n) is 7.15. The molecule has 138 valence electrons. The molecule has 0 radical (unpaired) electrons. The first-order valence-electron chi connectivity index (χ1n) is 8.99. The van der Waals surface area contributed by atoms with Crippen molar-refractivity contribution in [3.63, 3.8) is 0 Å². The molecule has 0 saturated carbocycles. The average molecular weight is 358 g/mol. The van der Waals surface area contributed by atoms with Crippen LogP contribution in [-0.4, -0.2) is 60.1 Å². The van der Waals surface area contributed by atoms with Crippen LogP contribution < -0.4 is 5.73 Å². The summed E-state index contributed by atoms with van der Waals surface area (Å²) in [7, 11) is 0. The number of alkyl halides is 1. The molecule has 26 heavy (non-hydrogen) atoms. The van der Waals surface area contributed by atoms with Crippen LogP contribution in [0.15, 0.2) is 34.9 Å². The van der Waals surface area contributed by atoms with Gasteiger partial charge in [0.05, 0.1) is 24.1 Å². The Morgan fingerprint density at radius 1 is 1.23 bits per heavy atom. The highest BCUT2D eigenvalue weighted by molar-refractivity contribution is 5.80. The number of fused-ring (bicyclic) bond motifs is 1. The Balaban J connectivity index is 1.41. The molecule has 2 saturated heterocycles. The van der Waals surface area contributed by atoms with E-state index in [2.05, 4.69) is 9.88 Å². The number of halogens is 1. The number of aromatic nitrogens is 1. The number of hydrogen-bond acceptors (Lipinski definition) is 5. The Kier molecular flexibility index (Phi) is 4.63. The van der Waals surface area contributed by atoms with Gasteiger partial charge in [-0.3, -0.25) is 4.79 Å². The van der Waals surface area contributed by atoms with Gasteiger partial charge in [-0.1, -0.05) is 0 Å². The van der Waals surface area contributed by atoms with Gasteiger partial charge in [-0.05, 0) is 36.1 Å². The number of hydrogen-bond donors (Lipinski definition) is 1. The number of likely N-dealkylation sites (tertiary alicyclic amines) is 2. The van der Waals surface area contributed by atoms with Gasteiger partial charge < -0.3 is 20.0 Å². The molecule has 2 fully saturated rings. The van der Waals surface area contributed by atoms with Crippen molar-refractivity contribution in [3.05, 3.63) is 36.2 Å². The summed E-state index contributed by atoms with van der Waals surface area (Å²) in [5.41, 5.74) is 7.80. The second-order valence-corrected chi connectivity index (χ2v) is 7.15. The van der Waals surface area contributed by atoms with Crippen molar-refractivity contribution in [1.29, 1.82) is 0 Å². The molecule has 7 heteroatoms. The smallest absolute Gasteiger partial charge is 0.228 e. The summed E-state index contributed by atoms with van der Waals surface area (Å²) in [5, 5.41) is 0. The number of pyridine rings is 1. The molecule has 0 bridgehead atoms. The van der Waals surface area contributed by atoms with E-state index in [0.29, 0.717) is 41.2 Å². The number of carbonyl (C=O) groups is 1. The molecule has 1 amide bonds. The Hall–Kier alpha value is -2.41. The summed E-state index contributed by atoms with van der Waals surface area (Å²) in [4.78, 5) is 21.3. The maximum atomic E-state index is 12.7. The van der Waals surface area contributed by atoms with E-state index in [1.54, 1.807) is 24.5 Å². The Morgan fingerprint density at radius 3 is 2.65 bits per heavy atom. The zero-order valence-corrected chi connectivity index (χ0v) is 14.6. The largest absolute Gasteiger partial charge is 0.463 e. The van der Waals surface area contributed by atoms with Crippen molar-refractivity contribution in [2.45, 2.75) is 6.42 Å². The van der Waals surface area contributed by atoms with E-state index in [1.165, 1.54) is 0 Å². The van der Waals surface area contributed by atoms with Gasteiger partial charge in [0.1, 0.15) is 12.4 Å². The molecule has 2 aromatic rings. The molecule has 2 N–H and O–H groups in total. The van der Waals surface area contributed by atoms with E-state index in [1.807, 2.05) is 11.0 Å². The molecule has 2 atom stereocenters. The SMILES string of the molecule is Nc1ccc(-c2ccco2)nc1CC(=O)N1CC2CN(CCF)CC2C1. The number of furan rings is 1. The zero-order chi connectivity index (χ0) is 18.1. The third-order valence-corrected chi connectivity index (χ3v) is 5.42. The van der Waals surface area contributed by atoms with Gasteiger partial charge in [-0.15, -0.1) is 0 Å². The minimum atomic E-state index is -0.307. The van der Waals surface area contributed by atoms with Crippen LogP contribution in [0.1, 0.15) is 5.69 Å². The van der Waals surface area contributed by atoms with Crippen LogP contribution in [0.4, 0.5) is 10.1 Å². The molecule has 0 aromatic carbocycles. The van der Waals surface area contributed by atoms with Crippen molar-refractivity contribution < 1.29 is 13.6 Å². The summed E-state index contributed by atoms with van der Waals surface area (Å²) in [6, 6.07) is 7.19. The van der Waals surface area contributed by atoms with Gasteiger partial charge in [0.2, 0.25) is 5.91 Å². The number of anilines is 1. The third kappa shape index (κ3) is 3.31. The molecule has 4 rings (SSSR count). The fraction of sp³-hybridized carbons (Fsp3) is 0.474. The summed E-state index contributed by atoms with van der Waals surface area (Å²) in [5.74, 6) is 1.60. The predicted molar refractivity (Wildman–Crippen MR) is 96.0 cm³/mol. The highest BCUT2D eigenvalue weighted by Crippen LogP contribution is 2.31. The molecule has 6 nitrogen and oxygen atoms in total. The first kappa shape index (κ1) is 17.0. The molecular weight excluding hydrogens is 335 g/mol. The average Bonchev–Trinajstić information content (AvgIpc) is 3.32. The van der Waals surface area contributed by atoms with Crippen LogP contribution in [0, 0.1) is 11.8 Å². The van der Waals surface area contributed by atoms with Crippen LogP contribution in [0.5, 0.6) is 0 Å². The molecule has 2 unspecified atom stereocenters. The summed E-state index contributed by atoms with van der Waals surface area (Å²) in [6.45, 7) is 3.44. The van der Waals surface area contributed by atoms with Crippen molar-refractivity contribution in [1.82, 2.24) is 14.8 Å². The van der Waals surface area contributed by atoms with Crippen molar-refractivity contribution in [2.75, 3.05) is 45.1 Å². The zero-order valence-electron chi connectivity index (χ0n) is 14.6. The minimum absolute atomic E-state index is 0.0484. The molecule has 2 aliphatic rings. The van der Waals surface area contributed by atoms with Crippen LogP contribution in [0.3, 0.4) is 0 Å². The minimum Gasteiger partial charge on any atom is -0.463 e. The van der Waals surface area contributed by atoms with Crippen LogP contribution in [0.2, 0.25) is 0 Å². The van der Waals surface area contributed by atoms with E-state index in [9.17, 15) is 9.18 Å². The molecule has 2 aromatic heterocycles. The lowest BCUT2D eigenvalue weighted by Gasteiger charge is -2.21. The molecule has 0 aliphatic carbocycles. The van der Waals surface area contributed by atoms with E-state index >= 15 is 0 Å². The van der Waals surface area contributed by atoms with E-state index < -0.39 is 0 Å². The maximum absolute atomic E-state index is 12.7. The maximum Gasteiger partial charge on any atom is 0.228 e. The number of nitrogens with zero attached hydrogens (tertiary/aromatic N) is 3. The van der Waals surface area contributed by atoms with Gasteiger partial charge in [-0.25, -0.2) is 9.37 Å². The van der Waals surface area contributed by atoms with Crippen molar-refractivity contribution in [2.24, 2.45) is 11.8 Å². The lowest BCUT2D eigenvalue weighted by atomic mass is 10.0. The fourth-order valence-electron chi connectivity index (χ4n) is 4.07. The summed E-state index contributed by atoms with van der Waals surface area (Å²) < 4.78 is 17.9. The monoisotopic (exact) mass is 358 g/mol. The molecule has 0 spiro atoms. The number of amides is 1. The topological polar surface area (TPSA) is 75.6 Å². The number of nitrogens with two attached hydrogens (primary N) is 1. The van der Waals surface area contributed by atoms with Gasteiger partial charge >= 0.3 is 0 Å². The molecule has 2 aliphatic heterocycles. The Bertz CT molecular complexity index is 766. The van der Waals surface area contributed by atoms with E-state index in [-0.39, 0.29) is 19.0 Å². The van der Waals surface area contributed by atoms with Gasteiger partial charge in [-0.2, -0.15) is 0 Å². The molecule has 4 heterocycles. The third-order valence-electron chi connectivity index (χ3n) is 5.42. The number of nitrogen functional groups attached to an aromatic ring is 1. The first-order valence-corrected chi connectivity index (χ1v) is 8.99. The predicted octanol–water partition coefficient (Wildman–Crippen LogP) is 1.83. The highest BCUT2D eigenvalue weighted by Gasteiger charge is 2.41. The van der Waals surface area contributed by atoms with Crippen molar-refractivity contribution in [3.8, 4) is 11.5 Å². The molecular formula is C19H23FN4O2. The lowest BCUT2D eigenvalue weighted by Crippen LogP contribution is -2.35. The standard InChI is InChI=1S/C19H23FN4O2/c20-5-6-23-9-13-11-24(12-14(13)10-23)19(25)8-17-15(21)3-4-16(22-17)18-2-1-7-26-18/h1-4,7,13-14H,5-6,8-12,21H2. The van der Waals surface area contributed by atoms with Gasteiger partial charge in [0.25, 0.3) is 0 Å². The Labute approximate surface area is 151 Å². The number of carbonyl (C=O) groups excluding carboxylic acids is 1.